The normalized spacial score (nSPS) is 11.5. The summed E-state index contributed by atoms with van der Waals surface area (Å²) in [4.78, 5) is 36.6. The van der Waals surface area contributed by atoms with Gasteiger partial charge in [0, 0.05) is 23.3 Å². The van der Waals surface area contributed by atoms with Crippen LogP contribution in [0.2, 0.25) is 0 Å². The van der Waals surface area contributed by atoms with E-state index in [1.165, 1.54) is 18.4 Å². The number of carbonyl (C=O) groups is 3. The second-order valence-electron chi connectivity index (χ2n) is 5.20. The van der Waals surface area contributed by atoms with Crippen LogP contribution in [-0.2, 0) is 14.3 Å². The Morgan fingerprint density at radius 1 is 1.08 bits per heavy atom. The van der Waals surface area contributed by atoms with Crippen molar-refractivity contribution in [2.45, 2.75) is 25.3 Å². The Morgan fingerprint density at radius 3 is 2.46 bits per heavy atom. The molecule has 126 valence electrons. The van der Waals surface area contributed by atoms with Crippen LogP contribution < -0.4 is 5.32 Å². The summed E-state index contributed by atoms with van der Waals surface area (Å²) in [5, 5.41) is 4.69. The standard InChI is InChI=1S/C18H19NO4S/c1-23-18(22)12-14(16-8-5-11-24-16)19-17(21)10-9-15(20)13-6-3-2-4-7-13/h2-8,11,14H,9-10,12H2,1H3,(H,19,21)/t14-/m0/s1. The fourth-order valence-corrected chi connectivity index (χ4v) is 3.00. The second-order valence-corrected chi connectivity index (χ2v) is 6.18. The SMILES string of the molecule is COC(=O)C[C@H](NC(=O)CCC(=O)c1ccccc1)c1cccs1. The van der Waals surface area contributed by atoms with Gasteiger partial charge < -0.3 is 10.1 Å². The van der Waals surface area contributed by atoms with Crippen LogP contribution >= 0.6 is 11.3 Å². The van der Waals surface area contributed by atoms with E-state index < -0.39 is 12.0 Å². The van der Waals surface area contributed by atoms with Crippen molar-refractivity contribution in [1.29, 1.82) is 0 Å². The molecule has 0 unspecified atom stereocenters. The number of amides is 1. The van der Waals surface area contributed by atoms with Crippen LogP contribution in [0.25, 0.3) is 0 Å². The zero-order chi connectivity index (χ0) is 17.4. The molecule has 1 atom stereocenters. The van der Waals surface area contributed by atoms with Crippen LogP contribution in [0.4, 0.5) is 0 Å². The molecule has 0 saturated heterocycles. The average Bonchev–Trinajstić information content (AvgIpc) is 3.14. The van der Waals surface area contributed by atoms with Gasteiger partial charge in [-0.3, -0.25) is 14.4 Å². The van der Waals surface area contributed by atoms with Gasteiger partial charge in [-0.2, -0.15) is 0 Å². The molecular weight excluding hydrogens is 326 g/mol. The number of benzene rings is 1. The summed E-state index contributed by atoms with van der Waals surface area (Å²) in [5.41, 5.74) is 0.592. The average molecular weight is 345 g/mol. The molecule has 24 heavy (non-hydrogen) atoms. The third-order valence-corrected chi connectivity index (χ3v) is 4.48. The number of hydrogen-bond donors (Lipinski definition) is 1. The van der Waals surface area contributed by atoms with E-state index >= 15 is 0 Å². The number of nitrogens with one attached hydrogen (secondary N) is 1. The Hall–Kier alpha value is -2.47. The molecule has 0 spiro atoms. The van der Waals surface area contributed by atoms with Crippen molar-refractivity contribution in [3.63, 3.8) is 0 Å². The van der Waals surface area contributed by atoms with E-state index in [2.05, 4.69) is 10.1 Å². The fraction of sp³-hybridized carbons (Fsp3) is 0.278. The Labute approximate surface area is 144 Å². The van der Waals surface area contributed by atoms with Gasteiger partial charge in [-0.15, -0.1) is 11.3 Å². The summed E-state index contributed by atoms with van der Waals surface area (Å²) < 4.78 is 4.68. The highest BCUT2D eigenvalue weighted by atomic mass is 32.1. The first-order valence-electron chi connectivity index (χ1n) is 7.58. The molecule has 1 aromatic heterocycles. The Bertz CT molecular complexity index is 682. The molecule has 0 aliphatic carbocycles. The van der Waals surface area contributed by atoms with Crippen LogP contribution in [0, 0.1) is 0 Å². The maximum Gasteiger partial charge on any atom is 0.307 e. The molecule has 5 nitrogen and oxygen atoms in total. The lowest BCUT2D eigenvalue weighted by atomic mass is 10.1. The van der Waals surface area contributed by atoms with Gasteiger partial charge in [-0.1, -0.05) is 36.4 Å². The van der Waals surface area contributed by atoms with Crippen LogP contribution in [0.1, 0.15) is 40.5 Å². The quantitative estimate of drug-likeness (QED) is 0.589. The van der Waals surface area contributed by atoms with E-state index in [0.717, 1.165) is 4.88 Å². The number of ether oxygens (including phenoxy) is 1. The Morgan fingerprint density at radius 2 is 1.83 bits per heavy atom. The lowest BCUT2D eigenvalue weighted by Crippen LogP contribution is -2.30. The molecule has 1 aromatic carbocycles. The van der Waals surface area contributed by atoms with Gasteiger partial charge in [0.2, 0.25) is 5.91 Å². The number of rotatable bonds is 8. The number of esters is 1. The van der Waals surface area contributed by atoms with Crippen LogP contribution in [0.5, 0.6) is 0 Å². The number of methoxy groups -OCH3 is 1. The van der Waals surface area contributed by atoms with Gasteiger partial charge in [0.1, 0.15) is 0 Å². The van der Waals surface area contributed by atoms with Crippen molar-refractivity contribution in [1.82, 2.24) is 5.32 Å². The van der Waals surface area contributed by atoms with Gasteiger partial charge in [-0.05, 0) is 11.4 Å². The van der Waals surface area contributed by atoms with Crippen molar-refractivity contribution in [3.8, 4) is 0 Å². The van der Waals surface area contributed by atoms with Crippen LogP contribution in [-0.4, -0.2) is 24.8 Å². The summed E-state index contributed by atoms with van der Waals surface area (Å²) in [7, 11) is 1.31. The van der Waals surface area contributed by atoms with E-state index in [9.17, 15) is 14.4 Å². The van der Waals surface area contributed by atoms with E-state index in [1.807, 2.05) is 23.6 Å². The van der Waals surface area contributed by atoms with E-state index in [4.69, 9.17) is 0 Å². The summed E-state index contributed by atoms with van der Waals surface area (Å²) in [6.45, 7) is 0. The molecule has 0 saturated carbocycles. The molecule has 1 heterocycles. The Balaban J connectivity index is 1.90. The molecule has 2 aromatic rings. The van der Waals surface area contributed by atoms with Crippen LogP contribution in [0.15, 0.2) is 47.8 Å². The predicted octanol–water partition coefficient (Wildman–Crippen LogP) is 3.13. The highest BCUT2D eigenvalue weighted by molar-refractivity contribution is 7.10. The van der Waals surface area contributed by atoms with Crippen LogP contribution in [0.3, 0.4) is 0 Å². The monoisotopic (exact) mass is 345 g/mol. The number of hydrogen-bond acceptors (Lipinski definition) is 5. The largest absolute Gasteiger partial charge is 0.469 e. The van der Waals surface area contributed by atoms with E-state index in [0.29, 0.717) is 5.56 Å². The summed E-state index contributed by atoms with van der Waals surface area (Å²) >= 11 is 1.46. The van der Waals surface area contributed by atoms with Crippen molar-refractivity contribution >= 4 is 29.0 Å². The minimum atomic E-state index is -0.434. The van der Waals surface area contributed by atoms with E-state index in [1.54, 1.807) is 24.3 Å². The maximum atomic E-state index is 12.1. The first kappa shape index (κ1) is 17.9. The summed E-state index contributed by atoms with van der Waals surface area (Å²) in [6, 6.07) is 12.1. The summed E-state index contributed by atoms with van der Waals surface area (Å²) in [5.74, 6) is -0.734. The molecule has 0 aliphatic heterocycles. The number of ketones is 1. The lowest BCUT2D eigenvalue weighted by molar-refractivity contribution is -0.141. The minimum Gasteiger partial charge on any atom is -0.469 e. The third kappa shape index (κ3) is 5.31. The van der Waals surface area contributed by atoms with Crippen molar-refractivity contribution in [2.75, 3.05) is 7.11 Å². The zero-order valence-corrected chi connectivity index (χ0v) is 14.2. The first-order chi connectivity index (χ1) is 11.6. The lowest BCUT2D eigenvalue weighted by Gasteiger charge is -2.16. The first-order valence-corrected chi connectivity index (χ1v) is 8.46. The molecular formula is C18H19NO4S. The maximum absolute atomic E-state index is 12.1. The minimum absolute atomic E-state index is 0.0649. The van der Waals surface area contributed by atoms with Crippen molar-refractivity contribution < 1.29 is 19.1 Å². The van der Waals surface area contributed by atoms with Crippen molar-refractivity contribution in [3.05, 3.63) is 58.3 Å². The van der Waals surface area contributed by atoms with Gasteiger partial charge in [0.05, 0.1) is 19.6 Å². The topological polar surface area (TPSA) is 72.5 Å². The molecule has 0 aliphatic rings. The van der Waals surface area contributed by atoms with Gasteiger partial charge >= 0.3 is 5.97 Å². The molecule has 1 amide bonds. The second kappa shape index (κ2) is 8.98. The Kier molecular flexibility index (Phi) is 6.69. The van der Waals surface area contributed by atoms with Gasteiger partial charge in [0.25, 0.3) is 0 Å². The smallest absolute Gasteiger partial charge is 0.307 e. The number of Topliss-reactive ketones (excluding diaryl/α,β-unsaturated/α-hetero) is 1. The van der Waals surface area contributed by atoms with Gasteiger partial charge in [0.15, 0.2) is 5.78 Å². The molecule has 0 bridgehead atoms. The number of thiophene rings is 1. The molecule has 2 rings (SSSR count). The molecule has 0 radical (unpaired) electrons. The predicted molar refractivity (Wildman–Crippen MR) is 91.8 cm³/mol. The third-order valence-electron chi connectivity index (χ3n) is 3.50. The van der Waals surface area contributed by atoms with Gasteiger partial charge in [-0.25, -0.2) is 0 Å². The van der Waals surface area contributed by atoms with Crippen molar-refractivity contribution in [2.24, 2.45) is 0 Å². The fourth-order valence-electron chi connectivity index (χ4n) is 2.22. The van der Waals surface area contributed by atoms with E-state index in [-0.39, 0.29) is 31.0 Å². The molecule has 6 heteroatoms. The molecule has 1 N–H and O–H groups in total. The highest BCUT2D eigenvalue weighted by Gasteiger charge is 2.20. The highest BCUT2D eigenvalue weighted by Crippen LogP contribution is 2.22. The summed E-state index contributed by atoms with van der Waals surface area (Å²) in [6.07, 6.45) is 0.275. The zero-order valence-electron chi connectivity index (χ0n) is 13.4. The number of carbonyl (C=O) groups excluding carboxylic acids is 3. The molecule has 0 fully saturated rings.